The first-order valence-electron chi connectivity index (χ1n) is 9.80. The number of nitrogens with one attached hydrogen (secondary N) is 1. The largest absolute Gasteiger partial charge is 0.345 e. The van der Waals surface area contributed by atoms with Gasteiger partial charge in [-0.05, 0) is 74.9 Å². The van der Waals surface area contributed by atoms with Crippen LogP contribution < -0.4 is 5.32 Å². The van der Waals surface area contributed by atoms with Gasteiger partial charge in [-0.2, -0.15) is 0 Å². The predicted molar refractivity (Wildman–Crippen MR) is 121 cm³/mol. The molecule has 3 nitrogen and oxygen atoms in total. The Morgan fingerprint density at radius 2 is 1.45 bits per heavy atom. The van der Waals surface area contributed by atoms with Gasteiger partial charge in [0.1, 0.15) is 0 Å². The Kier molecular flexibility index (Phi) is 7.08. The fourth-order valence-electron chi connectivity index (χ4n) is 3.21. The highest BCUT2D eigenvalue weighted by Gasteiger charge is 2.16. The maximum atomic E-state index is 12.9. The molecular weight excluding hydrogens is 380 g/mol. The van der Waals surface area contributed by atoms with Crippen molar-refractivity contribution in [2.75, 3.05) is 20.6 Å². The van der Waals surface area contributed by atoms with E-state index in [4.69, 9.17) is 11.6 Å². The molecule has 1 N–H and O–H groups in total. The van der Waals surface area contributed by atoms with E-state index in [0.717, 1.165) is 29.7 Å². The number of aryl methyl sites for hydroxylation is 1. The fourth-order valence-corrected chi connectivity index (χ4v) is 3.33. The maximum absolute atomic E-state index is 12.9. The van der Waals surface area contributed by atoms with Crippen molar-refractivity contribution in [2.45, 2.75) is 19.4 Å². The molecule has 1 amide bonds. The number of halogens is 1. The van der Waals surface area contributed by atoms with Gasteiger partial charge >= 0.3 is 0 Å². The lowest BCUT2D eigenvalue weighted by Gasteiger charge is -2.21. The number of carbonyl (C=O) groups is 1. The lowest BCUT2D eigenvalue weighted by atomic mass is 10.0. The van der Waals surface area contributed by atoms with Gasteiger partial charge in [-0.3, -0.25) is 4.79 Å². The van der Waals surface area contributed by atoms with E-state index in [-0.39, 0.29) is 11.9 Å². The van der Waals surface area contributed by atoms with Gasteiger partial charge in [0.15, 0.2) is 0 Å². The molecule has 1 unspecified atom stereocenters. The molecule has 4 heteroatoms. The number of nitrogens with zero attached hydrogens (tertiary/aromatic N) is 1. The minimum absolute atomic E-state index is 0.0264. The summed E-state index contributed by atoms with van der Waals surface area (Å²) in [6.45, 7) is 2.97. The molecule has 0 spiro atoms. The summed E-state index contributed by atoms with van der Waals surface area (Å²) in [6.07, 6.45) is 0.852. The van der Waals surface area contributed by atoms with Crippen molar-refractivity contribution in [3.05, 3.63) is 94.5 Å². The average molecular weight is 407 g/mol. The van der Waals surface area contributed by atoms with Crippen LogP contribution >= 0.6 is 11.6 Å². The molecule has 29 heavy (non-hydrogen) atoms. The lowest BCUT2D eigenvalue weighted by molar-refractivity contribution is 0.0932. The number of benzene rings is 3. The Hall–Kier alpha value is -2.62. The van der Waals surface area contributed by atoms with Gasteiger partial charge in [-0.25, -0.2) is 0 Å². The second-order valence-electron chi connectivity index (χ2n) is 7.61. The van der Waals surface area contributed by atoms with Crippen LogP contribution in [-0.2, 0) is 0 Å². The van der Waals surface area contributed by atoms with Gasteiger partial charge in [0.2, 0.25) is 0 Å². The molecule has 0 fully saturated rings. The molecule has 0 aliphatic heterocycles. The average Bonchev–Trinajstić information content (AvgIpc) is 2.72. The summed E-state index contributed by atoms with van der Waals surface area (Å²) in [7, 11) is 4.09. The zero-order valence-corrected chi connectivity index (χ0v) is 17.9. The van der Waals surface area contributed by atoms with Crippen molar-refractivity contribution in [1.29, 1.82) is 0 Å². The van der Waals surface area contributed by atoms with E-state index in [1.165, 1.54) is 5.56 Å². The summed E-state index contributed by atoms with van der Waals surface area (Å²) in [6, 6.07) is 23.7. The van der Waals surface area contributed by atoms with E-state index in [1.807, 2.05) is 62.6 Å². The molecule has 0 aliphatic carbocycles. The normalized spacial score (nSPS) is 12.0. The summed E-state index contributed by atoms with van der Waals surface area (Å²) in [5.74, 6) is -0.0583. The third-order valence-corrected chi connectivity index (χ3v) is 5.23. The van der Waals surface area contributed by atoms with Gasteiger partial charge in [0, 0.05) is 10.6 Å². The first kappa shape index (κ1) is 21.1. The third-order valence-electron chi connectivity index (χ3n) is 4.97. The zero-order valence-electron chi connectivity index (χ0n) is 17.2. The Balaban J connectivity index is 1.74. The molecule has 0 heterocycles. The summed E-state index contributed by atoms with van der Waals surface area (Å²) >= 11 is 5.96. The Morgan fingerprint density at radius 1 is 0.897 bits per heavy atom. The van der Waals surface area contributed by atoms with E-state index < -0.39 is 0 Å². The molecule has 1 atom stereocenters. The molecule has 3 rings (SSSR count). The molecule has 0 saturated heterocycles. The van der Waals surface area contributed by atoms with Crippen molar-refractivity contribution in [2.24, 2.45) is 0 Å². The molecule has 0 aromatic heterocycles. The zero-order chi connectivity index (χ0) is 20.8. The smallest absolute Gasteiger partial charge is 0.251 e. The fraction of sp³-hybridized carbons (Fsp3) is 0.240. The molecule has 150 valence electrons. The highest BCUT2D eigenvalue weighted by Crippen LogP contribution is 2.23. The van der Waals surface area contributed by atoms with Crippen molar-refractivity contribution in [1.82, 2.24) is 10.2 Å². The summed E-state index contributed by atoms with van der Waals surface area (Å²) in [4.78, 5) is 15.0. The van der Waals surface area contributed by atoms with Crippen LogP contribution in [0.5, 0.6) is 0 Å². The number of hydrogen-bond donors (Lipinski definition) is 1. The lowest BCUT2D eigenvalue weighted by Crippen LogP contribution is -2.31. The predicted octanol–water partition coefficient (Wildman–Crippen LogP) is 5.74. The summed E-state index contributed by atoms with van der Waals surface area (Å²) in [5, 5.41) is 3.92. The number of carbonyl (C=O) groups excluding carboxylic acids is 1. The standard InChI is InChI=1S/C25H27ClN2O/c1-18-4-6-21(7-5-18)24(16-17-28(2)3)27-25(29)22-10-8-19(9-11-22)20-12-14-23(26)15-13-20/h4-15,24H,16-17H2,1-3H3,(H,27,29). The van der Waals surface area contributed by atoms with Crippen LogP contribution in [0.4, 0.5) is 0 Å². The molecule has 0 bridgehead atoms. The third kappa shape index (κ3) is 5.93. The van der Waals surface area contributed by atoms with Crippen molar-refractivity contribution >= 4 is 17.5 Å². The number of hydrogen-bond acceptors (Lipinski definition) is 2. The summed E-state index contributed by atoms with van der Waals surface area (Å²) in [5.41, 5.74) is 5.13. The van der Waals surface area contributed by atoms with Crippen molar-refractivity contribution in [3.8, 4) is 11.1 Å². The van der Waals surface area contributed by atoms with Crippen LogP contribution in [0.1, 0.15) is 33.9 Å². The Morgan fingerprint density at radius 3 is 2.00 bits per heavy atom. The first-order valence-corrected chi connectivity index (χ1v) is 10.2. The Labute approximate surface area is 178 Å². The second kappa shape index (κ2) is 9.73. The van der Waals surface area contributed by atoms with Crippen molar-refractivity contribution < 1.29 is 4.79 Å². The van der Waals surface area contributed by atoms with Crippen LogP contribution in [0.2, 0.25) is 5.02 Å². The van der Waals surface area contributed by atoms with Gasteiger partial charge in [0.05, 0.1) is 6.04 Å². The molecule has 3 aromatic carbocycles. The quantitative estimate of drug-likeness (QED) is 0.542. The van der Waals surface area contributed by atoms with Gasteiger partial charge < -0.3 is 10.2 Å². The van der Waals surface area contributed by atoms with Crippen LogP contribution in [0, 0.1) is 6.92 Å². The minimum atomic E-state index is -0.0583. The topological polar surface area (TPSA) is 32.3 Å². The van der Waals surface area contributed by atoms with E-state index in [2.05, 4.69) is 41.4 Å². The van der Waals surface area contributed by atoms with E-state index in [1.54, 1.807) is 0 Å². The molecule has 0 saturated carbocycles. The molecule has 0 aliphatic rings. The second-order valence-corrected chi connectivity index (χ2v) is 8.05. The maximum Gasteiger partial charge on any atom is 0.251 e. The number of amides is 1. The highest BCUT2D eigenvalue weighted by molar-refractivity contribution is 6.30. The molecule has 3 aromatic rings. The number of rotatable bonds is 7. The highest BCUT2D eigenvalue weighted by atomic mass is 35.5. The van der Waals surface area contributed by atoms with E-state index in [9.17, 15) is 4.79 Å². The Bertz CT molecular complexity index is 932. The van der Waals surface area contributed by atoms with Crippen LogP contribution in [0.15, 0.2) is 72.8 Å². The van der Waals surface area contributed by atoms with Crippen LogP contribution in [0.25, 0.3) is 11.1 Å². The van der Waals surface area contributed by atoms with Gasteiger partial charge in [0.25, 0.3) is 5.91 Å². The molecular formula is C25H27ClN2O. The summed E-state index contributed by atoms with van der Waals surface area (Å²) < 4.78 is 0. The monoisotopic (exact) mass is 406 g/mol. The van der Waals surface area contributed by atoms with Crippen molar-refractivity contribution in [3.63, 3.8) is 0 Å². The van der Waals surface area contributed by atoms with Gasteiger partial charge in [-0.15, -0.1) is 0 Å². The molecule has 0 radical (unpaired) electrons. The minimum Gasteiger partial charge on any atom is -0.345 e. The van der Waals surface area contributed by atoms with E-state index >= 15 is 0 Å². The SMILES string of the molecule is Cc1ccc(C(CCN(C)C)NC(=O)c2ccc(-c3ccc(Cl)cc3)cc2)cc1. The van der Waals surface area contributed by atoms with Gasteiger partial charge in [-0.1, -0.05) is 65.7 Å². The van der Waals surface area contributed by atoms with Crippen LogP contribution in [-0.4, -0.2) is 31.4 Å². The first-order chi connectivity index (χ1) is 13.9. The van der Waals surface area contributed by atoms with Crippen LogP contribution in [0.3, 0.4) is 0 Å². The van der Waals surface area contributed by atoms with E-state index in [0.29, 0.717) is 10.6 Å².